The molecule has 0 spiro atoms. The predicted octanol–water partition coefficient (Wildman–Crippen LogP) is 6.01. The van der Waals surface area contributed by atoms with Crippen molar-refractivity contribution < 1.29 is 8.78 Å². The molecule has 0 amide bonds. The van der Waals surface area contributed by atoms with E-state index in [1.54, 1.807) is 6.08 Å². The van der Waals surface area contributed by atoms with Gasteiger partial charge in [0.25, 0.3) is 0 Å². The minimum atomic E-state index is -3.67. The summed E-state index contributed by atoms with van der Waals surface area (Å²) >= 11 is 11.3. The van der Waals surface area contributed by atoms with Crippen LogP contribution in [0.5, 0.6) is 0 Å². The summed E-state index contributed by atoms with van der Waals surface area (Å²) in [6, 6.07) is 4.78. The molecular weight excluding hydrogens is 367 g/mol. The van der Waals surface area contributed by atoms with E-state index in [2.05, 4.69) is 23.8 Å². The number of alkyl halides is 3. The molecule has 2 N–H and O–H groups in total. The second kappa shape index (κ2) is 9.26. The molecule has 0 radical (unpaired) electrons. The molecule has 0 atom stereocenters. The maximum absolute atomic E-state index is 13.8. The normalized spacial score (nSPS) is 12.3. The number of hydrogen-bond acceptors (Lipinski definition) is 3. The van der Waals surface area contributed by atoms with Gasteiger partial charge in [-0.15, -0.1) is 0 Å². The molecule has 0 saturated carbocycles. The Labute approximate surface area is 155 Å². The van der Waals surface area contributed by atoms with Crippen LogP contribution in [0.1, 0.15) is 24.5 Å². The zero-order valence-electron chi connectivity index (χ0n) is 13.5. The van der Waals surface area contributed by atoms with Crippen molar-refractivity contribution in [1.82, 2.24) is 5.32 Å². The quantitative estimate of drug-likeness (QED) is 0.426. The molecule has 0 aliphatic heterocycles. The predicted molar refractivity (Wildman–Crippen MR) is 100 cm³/mol. The third-order valence-electron chi connectivity index (χ3n) is 3.05. The molecule has 1 aromatic rings. The third kappa shape index (κ3) is 5.93. The minimum Gasteiger partial charge on any atom is -0.362 e. The third-order valence-corrected chi connectivity index (χ3v) is 3.56. The standard InChI is InChI=1S/C18H17Cl2F2N3/c1-4-7-14(24-6-3)10-17(18(20,21)22)25-16-9-12(5-2)13(11-23)8-15(16)19/h5-10,24-25H,2-4H2,1H3/b14-7-,17-10-. The molecule has 1 aromatic carbocycles. The molecule has 0 aliphatic carbocycles. The van der Waals surface area contributed by atoms with E-state index in [9.17, 15) is 8.78 Å². The average molecular weight is 384 g/mol. The first kappa shape index (κ1) is 20.8. The zero-order valence-corrected chi connectivity index (χ0v) is 15.1. The number of allylic oxidation sites excluding steroid dienone is 3. The van der Waals surface area contributed by atoms with Gasteiger partial charge in [-0.3, -0.25) is 0 Å². The molecule has 3 nitrogen and oxygen atoms in total. The number of halogens is 4. The Kier molecular flexibility index (Phi) is 7.69. The monoisotopic (exact) mass is 383 g/mol. The number of hydrogen-bond donors (Lipinski definition) is 2. The summed E-state index contributed by atoms with van der Waals surface area (Å²) in [7, 11) is 0. The molecule has 0 fully saturated rings. The van der Waals surface area contributed by atoms with Crippen LogP contribution in [0.15, 0.2) is 55.0 Å². The van der Waals surface area contributed by atoms with Crippen LogP contribution in [-0.4, -0.2) is 5.38 Å². The van der Waals surface area contributed by atoms with Crippen LogP contribution in [0.2, 0.25) is 5.02 Å². The van der Waals surface area contributed by atoms with E-state index in [-0.39, 0.29) is 16.3 Å². The molecule has 132 valence electrons. The van der Waals surface area contributed by atoms with E-state index >= 15 is 0 Å². The van der Waals surface area contributed by atoms with Crippen LogP contribution in [0.25, 0.3) is 6.08 Å². The van der Waals surface area contributed by atoms with Crippen molar-refractivity contribution in [2.24, 2.45) is 0 Å². The van der Waals surface area contributed by atoms with E-state index in [4.69, 9.17) is 28.5 Å². The number of anilines is 1. The number of nitriles is 1. The molecule has 0 aliphatic rings. The summed E-state index contributed by atoms with van der Waals surface area (Å²) in [6.45, 7) is 8.96. The molecule has 0 bridgehead atoms. The second-order valence-corrected chi connectivity index (χ2v) is 5.71. The van der Waals surface area contributed by atoms with Crippen LogP contribution in [0, 0.1) is 11.3 Å². The Hall–Kier alpha value is -2.29. The van der Waals surface area contributed by atoms with Gasteiger partial charge >= 0.3 is 5.38 Å². The number of nitrogens with zero attached hydrogens (tertiary/aromatic N) is 1. The van der Waals surface area contributed by atoms with E-state index in [0.717, 1.165) is 0 Å². The van der Waals surface area contributed by atoms with Gasteiger partial charge in [0, 0.05) is 5.70 Å². The fourth-order valence-electron chi connectivity index (χ4n) is 1.94. The van der Waals surface area contributed by atoms with Gasteiger partial charge in [-0.25, -0.2) is 0 Å². The highest BCUT2D eigenvalue weighted by Gasteiger charge is 2.32. The maximum atomic E-state index is 13.8. The molecule has 0 aromatic heterocycles. The van der Waals surface area contributed by atoms with Crippen molar-refractivity contribution in [3.63, 3.8) is 0 Å². The Balaban J connectivity index is 3.38. The largest absolute Gasteiger partial charge is 0.362 e. The summed E-state index contributed by atoms with van der Waals surface area (Å²) in [6.07, 6.45) is 6.28. The van der Waals surface area contributed by atoms with Crippen molar-refractivity contribution >= 4 is 35.0 Å². The molecule has 25 heavy (non-hydrogen) atoms. The van der Waals surface area contributed by atoms with Crippen molar-refractivity contribution in [1.29, 1.82) is 5.26 Å². The van der Waals surface area contributed by atoms with Gasteiger partial charge in [-0.1, -0.05) is 43.8 Å². The van der Waals surface area contributed by atoms with Crippen LogP contribution < -0.4 is 10.6 Å². The van der Waals surface area contributed by atoms with Gasteiger partial charge in [0.05, 0.1) is 22.3 Å². The van der Waals surface area contributed by atoms with Gasteiger partial charge in [-0.2, -0.15) is 14.0 Å². The molecule has 0 unspecified atom stereocenters. The SMILES string of the molecule is C=CNC(=C\CC)/C=C(\Nc1cc(C=C)c(C#N)cc1Cl)C(F)(F)Cl. The number of benzene rings is 1. The summed E-state index contributed by atoms with van der Waals surface area (Å²) < 4.78 is 27.6. The van der Waals surface area contributed by atoms with Crippen LogP contribution in [-0.2, 0) is 0 Å². The molecule has 7 heteroatoms. The van der Waals surface area contributed by atoms with E-state index in [1.807, 2.05) is 13.0 Å². The van der Waals surface area contributed by atoms with E-state index in [0.29, 0.717) is 17.7 Å². The number of rotatable bonds is 8. The summed E-state index contributed by atoms with van der Waals surface area (Å²) in [5.41, 5.74) is 0.740. The first-order valence-electron chi connectivity index (χ1n) is 7.26. The Bertz CT molecular complexity index is 757. The Morgan fingerprint density at radius 1 is 1.40 bits per heavy atom. The maximum Gasteiger partial charge on any atom is 0.362 e. The average Bonchev–Trinajstić information content (AvgIpc) is 2.54. The zero-order chi connectivity index (χ0) is 19.0. The van der Waals surface area contributed by atoms with Gasteiger partial charge < -0.3 is 10.6 Å². The summed E-state index contributed by atoms with van der Waals surface area (Å²) in [4.78, 5) is 0. The lowest BCUT2D eigenvalue weighted by molar-refractivity contribution is 0.140. The highest BCUT2D eigenvalue weighted by atomic mass is 35.5. The lowest BCUT2D eigenvalue weighted by atomic mass is 10.1. The smallest absolute Gasteiger partial charge is 0.362 e. The van der Waals surface area contributed by atoms with Gasteiger partial charge in [-0.05, 0) is 48.0 Å². The first-order chi connectivity index (χ1) is 11.8. The molecule has 0 heterocycles. The molecule has 1 rings (SSSR count). The minimum absolute atomic E-state index is 0.103. The Morgan fingerprint density at radius 3 is 2.56 bits per heavy atom. The van der Waals surface area contributed by atoms with Crippen molar-refractivity contribution in [3.8, 4) is 6.07 Å². The topological polar surface area (TPSA) is 47.8 Å². The Morgan fingerprint density at radius 2 is 2.08 bits per heavy atom. The first-order valence-corrected chi connectivity index (χ1v) is 8.02. The lowest BCUT2D eigenvalue weighted by Gasteiger charge is -2.18. The highest BCUT2D eigenvalue weighted by Crippen LogP contribution is 2.34. The molecular formula is C18H17Cl2F2N3. The highest BCUT2D eigenvalue weighted by molar-refractivity contribution is 6.33. The second-order valence-electron chi connectivity index (χ2n) is 4.83. The van der Waals surface area contributed by atoms with Gasteiger partial charge in [0.2, 0.25) is 0 Å². The van der Waals surface area contributed by atoms with E-state index in [1.165, 1.54) is 30.5 Å². The summed E-state index contributed by atoms with van der Waals surface area (Å²) in [5, 5.41) is 10.8. The summed E-state index contributed by atoms with van der Waals surface area (Å²) in [5.74, 6) is 0. The van der Waals surface area contributed by atoms with E-state index < -0.39 is 11.1 Å². The molecule has 0 saturated heterocycles. The van der Waals surface area contributed by atoms with Gasteiger partial charge in [0.1, 0.15) is 5.70 Å². The van der Waals surface area contributed by atoms with Crippen molar-refractivity contribution in [2.75, 3.05) is 5.32 Å². The van der Waals surface area contributed by atoms with Crippen molar-refractivity contribution in [3.05, 3.63) is 71.2 Å². The van der Waals surface area contributed by atoms with Crippen LogP contribution in [0.3, 0.4) is 0 Å². The fraction of sp³-hybridized carbons (Fsp3) is 0.167. The van der Waals surface area contributed by atoms with Crippen LogP contribution >= 0.6 is 23.2 Å². The van der Waals surface area contributed by atoms with Crippen molar-refractivity contribution in [2.45, 2.75) is 18.7 Å². The number of nitrogens with one attached hydrogen (secondary N) is 2. The fourth-order valence-corrected chi connectivity index (χ4v) is 2.25. The lowest BCUT2D eigenvalue weighted by Crippen LogP contribution is -2.20. The van der Waals surface area contributed by atoms with Gasteiger partial charge in [0.15, 0.2) is 0 Å². The van der Waals surface area contributed by atoms with Crippen LogP contribution in [0.4, 0.5) is 14.5 Å².